The van der Waals surface area contributed by atoms with Crippen molar-refractivity contribution < 1.29 is 9.90 Å². The Morgan fingerprint density at radius 1 is 1.59 bits per heavy atom. The third-order valence-electron chi connectivity index (χ3n) is 1.91. The second-order valence-electron chi connectivity index (χ2n) is 3.14. The van der Waals surface area contributed by atoms with Gasteiger partial charge in [-0.25, -0.2) is 9.78 Å². The van der Waals surface area contributed by atoms with Crippen LogP contribution in [0.5, 0.6) is 0 Å². The van der Waals surface area contributed by atoms with Crippen molar-refractivity contribution in [3.05, 3.63) is 28.6 Å². The molecular formula is C9H7BrN4O2S. The molecule has 0 fully saturated rings. The first-order chi connectivity index (χ1) is 8.08. The number of carboxylic acids is 1. The van der Waals surface area contributed by atoms with Crippen LogP contribution in [0.25, 0.3) is 0 Å². The molecule has 0 aliphatic rings. The minimum Gasteiger partial charge on any atom is -0.478 e. The largest absolute Gasteiger partial charge is 0.478 e. The van der Waals surface area contributed by atoms with Crippen LogP contribution in [0.1, 0.15) is 10.4 Å². The van der Waals surface area contributed by atoms with Gasteiger partial charge >= 0.3 is 5.97 Å². The standard InChI is InChI=1S/C9H7BrN4O2S/c1-14-4-12-13-9(14)17-7-6(8(15)16)2-5(10)3-11-7/h2-4H,1H3,(H,15,16). The average molecular weight is 315 g/mol. The predicted octanol–water partition coefficient (Wildman–Crippen LogP) is 1.82. The second-order valence-corrected chi connectivity index (χ2v) is 5.01. The highest BCUT2D eigenvalue weighted by atomic mass is 79.9. The van der Waals surface area contributed by atoms with Gasteiger partial charge in [-0.05, 0) is 33.8 Å². The van der Waals surface area contributed by atoms with E-state index >= 15 is 0 Å². The van der Waals surface area contributed by atoms with Crippen molar-refractivity contribution in [3.8, 4) is 0 Å². The molecule has 0 aliphatic heterocycles. The number of rotatable bonds is 3. The minimum atomic E-state index is -1.02. The van der Waals surface area contributed by atoms with E-state index in [1.165, 1.54) is 6.07 Å². The number of aryl methyl sites for hydroxylation is 1. The molecule has 8 heteroatoms. The van der Waals surface area contributed by atoms with E-state index in [1.54, 1.807) is 24.1 Å². The van der Waals surface area contributed by atoms with Gasteiger partial charge in [0.15, 0.2) is 5.16 Å². The number of nitrogens with zero attached hydrogens (tertiary/aromatic N) is 4. The van der Waals surface area contributed by atoms with Crippen LogP contribution in [0, 0.1) is 0 Å². The lowest BCUT2D eigenvalue weighted by atomic mass is 10.3. The molecule has 2 aromatic heterocycles. The zero-order valence-electron chi connectivity index (χ0n) is 8.66. The highest BCUT2D eigenvalue weighted by Gasteiger charge is 2.15. The van der Waals surface area contributed by atoms with Crippen LogP contribution in [0.3, 0.4) is 0 Å². The third kappa shape index (κ3) is 2.64. The van der Waals surface area contributed by atoms with E-state index in [1.807, 2.05) is 0 Å². The lowest BCUT2D eigenvalue weighted by Gasteiger charge is -2.04. The Morgan fingerprint density at radius 3 is 2.94 bits per heavy atom. The van der Waals surface area contributed by atoms with Gasteiger partial charge < -0.3 is 9.67 Å². The summed E-state index contributed by atoms with van der Waals surface area (Å²) in [5.41, 5.74) is 0.132. The number of hydrogen-bond acceptors (Lipinski definition) is 5. The van der Waals surface area contributed by atoms with Crippen LogP contribution >= 0.6 is 27.7 Å². The van der Waals surface area contributed by atoms with Crippen LogP contribution in [0.15, 0.2) is 33.2 Å². The Morgan fingerprint density at radius 2 is 2.35 bits per heavy atom. The van der Waals surface area contributed by atoms with Gasteiger partial charge in [-0.2, -0.15) is 0 Å². The maximum absolute atomic E-state index is 11.1. The molecule has 6 nitrogen and oxygen atoms in total. The van der Waals surface area contributed by atoms with E-state index in [0.717, 1.165) is 11.8 Å². The molecule has 2 rings (SSSR count). The fraction of sp³-hybridized carbons (Fsp3) is 0.111. The zero-order valence-corrected chi connectivity index (χ0v) is 11.1. The van der Waals surface area contributed by atoms with Gasteiger partial charge in [-0.3, -0.25) is 0 Å². The summed E-state index contributed by atoms with van der Waals surface area (Å²) < 4.78 is 2.32. The summed E-state index contributed by atoms with van der Waals surface area (Å²) in [7, 11) is 1.78. The average Bonchev–Trinajstić information content (AvgIpc) is 2.67. The normalized spacial score (nSPS) is 10.5. The van der Waals surface area contributed by atoms with Crippen LogP contribution in [0.4, 0.5) is 0 Å². The molecule has 0 spiro atoms. The topological polar surface area (TPSA) is 80.9 Å². The molecule has 0 saturated heterocycles. The van der Waals surface area contributed by atoms with Crippen molar-refractivity contribution in [2.24, 2.45) is 7.05 Å². The molecule has 2 heterocycles. The molecular weight excluding hydrogens is 308 g/mol. The summed E-state index contributed by atoms with van der Waals surface area (Å²) in [5, 5.41) is 17.6. The quantitative estimate of drug-likeness (QED) is 0.930. The molecule has 17 heavy (non-hydrogen) atoms. The Labute approximate surface area is 109 Å². The van der Waals surface area contributed by atoms with Crippen LogP contribution in [-0.4, -0.2) is 30.8 Å². The number of hydrogen-bond donors (Lipinski definition) is 1. The lowest BCUT2D eigenvalue weighted by Crippen LogP contribution is -2.01. The van der Waals surface area contributed by atoms with E-state index in [-0.39, 0.29) is 5.56 Å². The van der Waals surface area contributed by atoms with Gasteiger partial charge in [0.25, 0.3) is 0 Å². The van der Waals surface area contributed by atoms with Gasteiger partial charge in [0, 0.05) is 17.7 Å². The molecule has 0 bridgehead atoms. The van der Waals surface area contributed by atoms with Crippen molar-refractivity contribution in [3.63, 3.8) is 0 Å². The van der Waals surface area contributed by atoms with Crippen LogP contribution in [-0.2, 0) is 7.05 Å². The second kappa shape index (κ2) is 4.84. The molecule has 0 atom stereocenters. The van der Waals surface area contributed by atoms with Crippen LogP contribution < -0.4 is 0 Å². The van der Waals surface area contributed by atoms with E-state index in [2.05, 4.69) is 31.1 Å². The van der Waals surface area contributed by atoms with E-state index in [0.29, 0.717) is 14.7 Å². The Kier molecular flexibility index (Phi) is 3.43. The molecule has 0 aromatic carbocycles. The molecule has 0 unspecified atom stereocenters. The Hall–Kier alpha value is -1.41. The summed E-state index contributed by atoms with van der Waals surface area (Å²) in [6, 6.07) is 1.51. The summed E-state index contributed by atoms with van der Waals surface area (Å²) in [4.78, 5) is 15.1. The maximum atomic E-state index is 11.1. The molecule has 0 aliphatic carbocycles. The van der Waals surface area contributed by atoms with Crippen molar-refractivity contribution in [1.29, 1.82) is 0 Å². The molecule has 1 N–H and O–H groups in total. The summed E-state index contributed by atoms with van der Waals surface area (Å²) in [6.45, 7) is 0. The van der Waals surface area contributed by atoms with Crippen LogP contribution in [0.2, 0.25) is 0 Å². The smallest absolute Gasteiger partial charge is 0.338 e. The highest BCUT2D eigenvalue weighted by molar-refractivity contribution is 9.10. The molecule has 2 aromatic rings. The van der Waals surface area contributed by atoms with Crippen molar-refractivity contribution in [2.75, 3.05) is 0 Å². The lowest BCUT2D eigenvalue weighted by molar-refractivity contribution is 0.0692. The summed E-state index contributed by atoms with van der Waals surface area (Å²) in [5.74, 6) is -1.02. The van der Waals surface area contributed by atoms with Gasteiger partial charge in [-0.1, -0.05) is 0 Å². The third-order valence-corrected chi connectivity index (χ3v) is 3.41. The zero-order chi connectivity index (χ0) is 12.4. The van der Waals surface area contributed by atoms with E-state index in [9.17, 15) is 4.79 Å². The number of aromatic nitrogens is 4. The SMILES string of the molecule is Cn1cnnc1Sc1ncc(Br)cc1C(=O)O. The first-order valence-corrected chi connectivity index (χ1v) is 6.09. The monoisotopic (exact) mass is 314 g/mol. The number of carboxylic acid groups (broad SMARTS) is 1. The van der Waals surface area contributed by atoms with Gasteiger partial charge in [-0.15, -0.1) is 10.2 Å². The van der Waals surface area contributed by atoms with Crippen molar-refractivity contribution in [2.45, 2.75) is 10.2 Å². The number of pyridine rings is 1. The Balaban J connectivity index is 2.39. The molecule has 0 radical (unpaired) electrons. The van der Waals surface area contributed by atoms with Gasteiger partial charge in [0.05, 0.1) is 5.56 Å². The first kappa shape index (κ1) is 12.1. The number of aromatic carboxylic acids is 1. The van der Waals surface area contributed by atoms with Gasteiger partial charge in [0.1, 0.15) is 11.4 Å². The van der Waals surface area contributed by atoms with E-state index in [4.69, 9.17) is 5.11 Å². The number of carbonyl (C=O) groups is 1. The predicted molar refractivity (Wildman–Crippen MR) is 64.0 cm³/mol. The maximum Gasteiger partial charge on any atom is 0.338 e. The minimum absolute atomic E-state index is 0.132. The first-order valence-electron chi connectivity index (χ1n) is 4.48. The molecule has 0 saturated carbocycles. The van der Waals surface area contributed by atoms with Crippen molar-refractivity contribution in [1.82, 2.24) is 19.7 Å². The van der Waals surface area contributed by atoms with Gasteiger partial charge in [0.2, 0.25) is 0 Å². The summed E-state index contributed by atoms with van der Waals surface area (Å²) >= 11 is 4.35. The number of halogens is 1. The molecule has 0 amide bonds. The Bertz CT molecular complexity index is 572. The fourth-order valence-electron chi connectivity index (χ4n) is 1.11. The summed E-state index contributed by atoms with van der Waals surface area (Å²) in [6.07, 6.45) is 3.09. The molecule has 88 valence electrons. The van der Waals surface area contributed by atoms with Crippen molar-refractivity contribution >= 4 is 33.7 Å². The van der Waals surface area contributed by atoms with E-state index < -0.39 is 5.97 Å². The highest BCUT2D eigenvalue weighted by Crippen LogP contribution is 2.28. The fourth-order valence-corrected chi connectivity index (χ4v) is 2.26.